The minimum atomic E-state index is -3.51. The van der Waals surface area contributed by atoms with Gasteiger partial charge in [-0.05, 0) is 32.4 Å². The molecule has 2 heterocycles. The molecular weight excluding hydrogens is 538 g/mol. The van der Waals surface area contributed by atoms with Crippen molar-refractivity contribution in [1.82, 2.24) is 15.0 Å². The number of ether oxygens (including phenoxy) is 3. The lowest BCUT2D eigenvalue weighted by atomic mass is 10.2. The topological polar surface area (TPSA) is 125 Å². The minimum Gasteiger partial charge on any atom is -0.491 e. The summed E-state index contributed by atoms with van der Waals surface area (Å²) in [6.07, 6.45) is 5.62. The summed E-state index contributed by atoms with van der Waals surface area (Å²) in [6.45, 7) is 14.3. The normalized spacial score (nSPS) is 12.4. The summed E-state index contributed by atoms with van der Waals surface area (Å²) >= 11 is 0. The first-order valence-electron chi connectivity index (χ1n) is 13.0. The summed E-state index contributed by atoms with van der Waals surface area (Å²) in [6, 6.07) is 4.49. The fourth-order valence-electron chi connectivity index (χ4n) is 3.38. The lowest BCUT2D eigenvalue weighted by molar-refractivity contribution is 0.150. The van der Waals surface area contributed by atoms with Crippen molar-refractivity contribution in [2.75, 3.05) is 50.1 Å². The van der Waals surface area contributed by atoms with E-state index in [9.17, 15) is 8.42 Å². The molecule has 0 aliphatic carbocycles. The summed E-state index contributed by atoms with van der Waals surface area (Å²) in [5.41, 5.74) is 2.43. The maximum absolute atomic E-state index is 11.1. The van der Waals surface area contributed by atoms with Crippen molar-refractivity contribution in [2.45, 2.75) is 59.5 Å². The molecule has 0 radical (unpaired) electrons. The molecule has 0 unspecified atom stereocenters. The zero-order valence-corrected chi connectivity index (χ0v) is 26.2. The van der Waals surface area contributed by atoms with Crippen LogP contribution in [0, 0.1) is 6.92 Å². The van der Waals surface area contributed by atoms with E-state index in [1.807, 2.05) is 18.7 Å². The predicted octanol–water partition coefficient (Wildman–Crippen LogP) is 4.59. The third-order valence-corrected chi connectivity index (χ3v) is 7.79. The quantitative estimate of drug-likeness (QED) is 0.122. The molecule has 2 aromatic rings. The number of hydrogen-bond donors (Lipinski definition) is 1. The molecule has 218 valence electrons. The third kappa shape index (κ3) is 11.9. The largest absolute Gasteiger partial charge is 0.491 e. The van der Waals surface area contributed by atoms with Gasteiger partial charge in [-0.25, -0.2) is 0 Å². The molecule has 0 atom stereocenters. The number of aromatic nitrogens is 3. The van der Waals surface area contributed by atoms with E-state index in [4.69, 9.17) is 23.4 Å². The Labute approximate surface area is 234 Å². The van der Waals surface area contributed by atoms with Crippen molar-refractivity contribution in [2.24, 2.45) is 0 Å². The average Bonchev–Trinajstić information content (AvgIpc) is 2.85. The zero-order valence-electron chi connectivity index (χ0n) is 24.4. The Kier molecular flexibility index (Phi) is 12.6. The van der Waals surface area contributed by atoms with Gasteiger partial charge in [0.1, 0.15) is 38.1 Å². The first-order valence-corrected chi connectivity index (χ1v) is 18.5. The molecule has 39 heavy (non-hydrogen) atoms. The van der Waals surface area contributed by atoms with Crippen LogP contribution >= 0.6 is 0 Å². The highest BCUT2D eigenvalue weighted by Crippen LogP contribution is 2.30. The second-order valence-electron chi connectivity index (χ2n) is 10.2. The first kappa shape index (κ1) is 32.5. The van der Waals surface area contributed by atoms with Gasteiger partial charge in [-0.3, -0.25) is 9.17 Å². The molecule has 0 amide bonds. The molecule has 0 aliphatic heterocycles. The molecule has 0 aliphatic rings. The van der Waals surface area contributed by atoms with Crippen molar-refractivity contribution in [1.29, 1.82) is 0 Å². The molecule has 0 aromatic carbocycles. The van der Waals surface area contributed by atoms with E-state index in [1.165, 1.54) is 0 Å². The number of hydrogen-bond acceptors (Lipinski definition) is 11. The Hall–Kier alpha value is -2.74. The molecule has 0 saturated heterocycles. The van der Waals surface area contributed by atoms with Gasteiger partial charge in [-0.1, -0.05) is 32.6 Å². The van der Waals surface area contributed by atoms with Gasteiger partial charge in [-0.15, -0.1) is 0 Å². The Bertz CT molecular complexity index is 1200. The van der Waals surface area contributed by atoms with Crippen LogP contribution in [0.4, 0.5) is 11.8 Å². The zero-order chi connectivity index (χ0) is 29.1. The van der Waals surface area contributed by atoms with Gasteiger partial charge < -0.3 is 24.4 Å². The van der Waals surface area contributed by atoms with Crippen molar-refractivity contribution < 1.29 is 26.8 Å². The van der Waals surface area contributed by atoms with Crippen LogP contribution in [-0.2, 0) is 25.6 Å². The first-order chi connectivity index (χ1) is 18.3. The number of nitrogens with zero attached hydrogens (tertiary/aromatic N) is 4. The number of rotatable bonds is 17. The minimum absolute atomic E-state index is 0.0764. The molecule has 11 nitrogen and oxygen atoms in total. The van der Waals surface area contributed by atoms with Crippen LogP contribution in [0.2, 0.25) is 25.7 Å². The van der Waals surface area contributed by atoms with Crippen LogP contribution in [0.15, 0.2) is 30.1 Å². The van der Waals surface area contributed by atoms with Crippen LogP contribution in [0.25, 0.3) is 0 Å². The van der Waals surface area contributed by atoms with Gasteiger partial charge >= 0.3 is 0 Å². The molecular formula is C26H43N5O6SSi. The van der Waals surface area contributed by atoms with E-state index in [0.717, 1.165) is 30.0 Å². The predicted molar refractivity (Wildman–Crippen MR) is 157 cm³/mol. The third-order valence-electron chi connectivity index (χ3n) is 5.49. The van der Waals surface area contributed by atoms with Crippen molar-refractivity contribution >= 4 is 30.0 Å². The fraction of sp³-hybridized carbons (Fsp3) is 0.577. The number of allylic oxidation sites excluding steroid dienone is 2. The van der Waals surface area contributed by atoms with Gasteiger partial charge in [0.05, 0.1) is 17.5 Å². The highest BCUT2D eigenvalue weighted by atomic mass is 32.2. The van der Waals surface area contributed by atoms with E-state index >= 15 is 0 Å². The second-order valence-corrected chi connectivity index (χ2v) is 17.5. The van der Waals surface area contributed by atoms with Crippen LogP contribution in [-0.4, -0.2) is 71.3 Å². The Morgan fingerprint density at radius 3 is 2.54 bits per heavy atom. The molecule has 13 heteroatoms. The van der Waals surface area contributed by atoms with Crippen LogP contribution in [0.1, 0.15) is 31.5 Å². The molecule has 0 spiro atoms. The second kappa shape index (κ2) is 15.2. The number of anilines is 2. The van der Waals surface area contributed by atoms with Crippen LogP contribution < -0.4 is 19.7 Å². The Morgan fingerprint density at radius 2 is 1.90 bits per heavy atom. The van der Waals surface area contributed by atoms with E-state index in [-0.39, 0.29) is 19.8 Å². The Balaban J connectivity index is 2.19. The highest BCUT2D eigenvalue weighted by molar-refractivity contribution is 7.85. The molecule has 2 aromatic heterocycles. The van der Waals surface area contributed by atoms with Crippen molar-refractivity contribution in [3.05, 3.63) is 41.4 Å². The van der Waals surface area contributed by atoms with E-state index in [0.29, 0.717) is 42.4 Å². The summed E-state index contributed by atoms with van der Waals surface area (Å²) in [5.74, 6) is 2.09. The van der Waals surface area contributed by atoms with Gasteiger partial charge in [-0.2, -0.15) is 18.4 Å². The molecule has 1 N–H and O–H groups in total. The molecule has 0 saturated carbocycles. The van der Waals surface area contributed by atoms with Gasteiger partial charge in [0.15, 0.2) is 0 Å². The van der Waals surface area contributed by atoms with Gasteiger partial charge in [0.2, 0.25) is 11.8 Å². The lowest BCUT2D eigenvalue weighted by Crippen LogP contribution is -2.29. The standard InChI is InChI=1S/C26H43N5O6SSi/c1-9-10-20(2)31(19-34-15-16-39(6,7)8)24-21(3)25(30-26(27-4)29-24)36-18-22-17-23(11-12-28-22)35-13-14-37-38(5,32)33/h10-12,17H,9,13-16,18-19H2,1-8H3,(H,27,29,30). The summed E-state index contributed by atoms with van der Waals surface area (Å²) in [5, 5.41) is 3.02. The summed E-state index contributed by atoms with van der Waals surface area (Å²) in [7, 11) is -2.96. The summed E-state index contributed by atoms with van der Waals surface area (Å²) < 4.78 is 44.7. The lowest BCUT2D eigenvalue weighted by Gasteiger charge is -2.27. The molecule has 0 bridgehead atoms. The monoisotopic (exact) mass is 581 g/mol. The fourth-order valence-corrected chi connectivity index (χ4v) is 4.51. The SMILES string of the molecule is CCC=C(C)N(COCC[Si](C)(C)C)c1nc(NC)nc(OCc2cc(OCCOS(C)(=O)=O)ccn2)c1C. The van der Waals surface area contributed by atoms with Crippen molar-refractivity contribution in [3.8, 4) is 11.6 Å². The van der Waals surface area contributed by atoms with E-state index in [1.54, 1.807) is 25.4 Å². The van der Waals surface area contributed by atoms with Crippen LogP contribution in [0.5, 0.6) is 11.6 Å². The van der Waals surface area contributed by atoms with Gasteiger partial charge in [0, 0.05) is 39.7 Å². The number of nitrogens with one attached hydrogen (secondary N) is 1. The van der Waals surface area contributed by atoms with E-state index in [2.05, 4.69) is 47.9 Å². The maximum Gasteiger partial charge on any atom is 0.264 e. The van der Waals surface area contributed by atoms with Crippen molar-refractivity contribution in [3.63, 3.8) is 0 Å². The highest BCUT2D eigenvalue weighted by Gasteiger charge is 2.20. The average molecular weight is 582 g/mol. The smallest absolute Gasteiger partial charge is 0.264 e. The maximum atomic E-state index is 11.1. The number of pyridine rings is 1. The van der Waals surface area contributed by atoms with Gasteiger partial charge in [0.25, 0.3) is 10.1 Å². The van der Waals surface area contributed by atoms with Crippen LogP contribution in [0.3, 0.4) is 0 Å². The van der Waals surface area contributed by atoms with E-state index < -0.39 is 18.2 Å². The summed E-state index contributed by atoms with van der Waals surface area (Å²) in [4.78, 5) is 15.7. The molecule has 0 fully saturated rings. The Morgan fingerprint density at radius 1 is 1.15 bits per heavy atom. The molecule has 2 rings (SSSR count).